The van der Waals surface area contributed by atoms with Gasteiger partial charge in [0.1, 0.15) is 0 Å². The lowest BCUT2D eigenvalue weighted by atomic mass is 9.51. The zero-order chi connectivity index (χ0) is 18.9. The zero-order valence-corrected chi connectivity index (χ0v) is 16.6. The number of hydrogen-bond acceptors (Lipinski definition) is 3. The van der Waals surface area contributed by atoms with Crippen LogP contribution in [0.2, 0.25) is 0 Å². The van der Waals surface area contributed by atoms with Crippen LogP contribution in [-0.2, 0) is 9.59 Å². The van der Waals surface area contributed by atoms with Gasteiger partial charge in [-0.3, -0.25) is 9.59 Å². The van der Waals surface area contributed by atoms with Gasteiger partial charge in [0.15, 0.2) is 0 Å². The van der Waals surface area contributed by atoms with Crippen LogP contribution in [0.1, 0.15) is 67.2 Å². The molecule has 144 valence electrons. The molecule has 2 fully saturated rings. The molecule has 7 atom stereocenters. The fraction of sp³-hybridized carbons (Fsp3) is 0.900. The second kappa shape index (κ2) is 7.65. The second-order valence-corrected chi connectivity index (χ2v) is 9.03. The van der Waals surface area contributed by atoms with E-state index in [9.17, 15) is 14.7 Å². The summed E-state index contributed by atoms with van der Waals surface area (Å²) in [5.41, 5.74) is 0.0958. The molecule has 0 saturated heterocycles. The molecule has 0 unspecified atom stereocenters. The molecule has 2 aliphatic rings. The van der Waals surface area contributed by atoms with E-state index in [1.54, 1.807) is 6.92 Å². The monoisotopic (exact) mass is 352 g/mol. The van der Waals surface area contributed by atoms with Gasteiger partial charge < -0.3 is 15.7 Å². The van der Waals surface area contributed by atoms with Crippen molar-refractivity contribution in [2.24, 2.45) is 29.1 Å². The van der Waals surface area contributed by atoms with Crippen LogP contribution in [0.5, 0.6) is 0 Å². The van der Waals surface area contributed by atoms with Crippen LogP contribution in [0.15, 0.2) is 0 Å². The SMILES string of the molecule is CC(=O)N[C@H]1CC[C@]2(C)CC[C@@H]([C@H](C)C(=O)NC(C)C)[C@H](O)[C@H]2[C@@H]1C. The van der Waals surface area contributed by atoms with Crippen LogP contribution < -0.4 is 10.6 Å². The van der Waals surface area contributed by atoms with E-state index in [0.29, 0.717) is 0 Å². The molecule has 2 aliphatic carbocycles. The molecular formula is C20H36N2O3. The Balaban J connectivity index is 2.17. The maximum atomic E-state index is 12.5. The molecule has 0 heterocycles. The van der Waals surface area contributed by atoms with E-state index in [0.717, 1.165) is 25.7 Å². The highest BCUT2D eigenvalue weighted by Crippen LogP contribution is 2.55. The third-order valence-corrected chi connectivity index (χ3v) is 6.76. The van der Waals surface area contributed by atoms with Crippen LogP contribution in [0, 0.1) is 29.1 Å². The van der Waals surface area contributed by atoms with Gasteiger partial charge in [0.25, 0.3) is 0 Å². The average Bonchev–Trinajstić information content (AvgIpc) is 2.49. The molecule has 5 nitrogen and oxygen atoms in total. The quantitative estimate of drug-likeness (QED) is 0.727. The highest BCUT2D eigenvalue weighted by atomic mass is 16.3. The Morgan fingerprint density at radius 3 is 2.32 bits per heavy atom. The normalized spacial score (nSPS) is 39.4. The first-order valence-corrected chi connectivity index (χ1v) is 9.82. The van der Waals surface area contributed by atoms with E-state index in [1.807, 2.05) is 20.8 Å². The number of aliphatic hydroxyl groups excluding tert-OH is 1. The third-order valence-electron chi connectivity index (χ3n) is 6.76. The maximum Gasteiger partial charge on any atom is 0.223 e. The van der Waals surface area contributed by atoms with E-state index in [-0.39, 0.29) is 53.0 Å². The number of fused-ring (bicyclic) bond motifs is 1. The average molecular weight is 353 g/mol. The molecule has 0 aromatic rings. The second-order valence-electron chi connectivity index (χ2n) is 9.03. The lowest BCUT2D eigenvalue weighted by Crippen LogP contribution is -2.58. The molecule has 0 radical (unpaired) electrons. The summed E-state index contributed by atoms with van der Waals surface area (Å²) in [5.74, 6) is 0.133. The summed E-state index contributed by atoms with van der Waals surface area (Å²) in [6.45, 7) is 11.8. The van der Waals surface area contributed by atoms with Crippen LogP contribution >= 0.6 is 0 Å². The number of rotatable bonds is 4. The Kier molecular flexibility index (Phi) is 6.18. The third kappa shape index (κ3) is 4.18. The first-order chi connectivity index (χ1) is 11.6. The first kappa shape index (κ1) is 20.2. The Labute approximate surface area is 152 Å². The first-order valence-electron chi connectivity index (χ1n) is 9.82. The van der Waals surface area contributed by atoms with E-state index in [2.05, 4.69) is 24.5 Å². The van der Waals surface area contributed by atoms with Gasteiger partial charge in [-0.25, -0.2) is 0 Å². The van der Waals surface area contributed by atoms with Gasteiger partial charge in [0.2, 0.25) is 11.8 Å². The molecular weight excluding hydrogens is 316 g/mol. The Morgan fingerprint density at radius 2 is 1.76 bits per heavy atom. The van der Waals surface area contributed by atoms with Crippen LogP contribution in [0.3, 0.4) is 0 Å². The van der Waals surface area contributed by atoms with Crippen molar-refractivity contribution in [3.05, 3.63) is 0 Å². The summed E-state index contributed by atoms with van der Waals surface area (Å²) in [6.07, 6.45) is 3.41. The molecule has 0 aliphatic heterocycles. The number of nitrogens with one attached hydrogen (secondary N) is 2. The molecule has 0 aromatic heterocycles. The van der Waals surface area contributed by atoms with Crippen molar-refractivity contribution in [1.82, 2.24) is 10.6 Å². The molecule has 25 heavy (non-hydrogen) atoms. The van der Waals surface area contributed by atoms with Crippen molar-refractivity contribution >= 4 is 11.8 Å². The summed E-state index contributed by atoms with van der Waals surface area (Å²) >= 11 is 0. The molecule has 3 N–H and O–H groups in total. The Hall–Kier alpha value is -1.10. The lowest BCUT2D eigenvalue weighted by molar-refractivity contribution is -0.143. The van der Waals surface area contributed by atoms with E-state index >= 15 is 0 Å². The number of carbonyl (C=O) groups is 2. The molecule has 2 rings (SSSR count). The molecule has 2 amide bonds. The van der Waals surface area contributed by atoms with Gasteiger partial charge in [-0.05, 0) is 62.7 Å². The number of aliphatic hydroxyl groups is 1. The molecule has 0 spiro atoms. The summed E-state index contributed by atoms with van der Waals surface area (Å²) < 4.78 is 0. The standard InChI is InChI=1S/C20H36N2O3/c1-11(2)21-19(25)12(3)15-7-9-20(6)10-8-16(22-14(5)23)13(4)17(20)18(15)24/h11-13,15-18,24H,7-10H2,1-6H3,(H,21,25)(H,22,23)/t12-,13+,15-,16-,17+,18-,20-/m0/s1. The molecule has 0 bridgehead atoms. The number of carbonyl (C=O) groups excluding carboxylic acids is 2. The van der Waals surface area contributed by atoms with Crippen LogP contribution in [-0.4, -0.2) is 35.1 Å². The van der Waals surface area contributed by atoms with Crippen molar-refractivity contribution in [2.45, 2.75) is 85.4 Å². The van der Waals surface area contributed by atoms with E-state index in [1.165, 1.54) is 0 Å². The topological polar surface area (TPSA) is 78.4 Å². The molecule has 2 saturated carbocycles. The van der Waals surface area contributed by atoms with Gasteiger partial charge >= 0.3 is 0 Å². The Morgan fingerprint density at radius 1 is 1.16 bits per heavy atom. The summed E-state index contributed by atoms with van der Waals surface area (Å²) in [4.78, 5) is 24.0. The van der Waals surface area contributed by atoms with Crippen LogP contribution in [0.4, 0.5) is 0 Å². The largest absolute Gasteiger partial charge is 0.392 e. The van der Waals surface area contributed by atoms with Gasteiger partial charge in [-0.15, -0.1) is 0 Å². The van der Waals surface area contributed by atoms with Crippen molar-refractivity contribution in [3.8, 4) is 0 Å². The van der Waals surface area contributed by atoms with Gasteiger partial charge in [-0.2, -0.15) is 0 Å². The highest BCUT2D eigenvalue weighted by molar-refractivity contribution is 5.79. The minimum atomic E-state index is -0.502. The summed E-state index contributed by atoms with van der Waals surface area (Å²) in [5, 5.41) is 17.3. The van der Waals surface area contributed by atoms with Crippen molar-refractivity contribution in [3.63, 3.8) is 0 Å². The van der Waals surface area contributed by atoms with E-state index < -0.39 is 6.10 Å². The summed E-state index contributed by atoms with van der Waals surface area (Å²) in [7, 11) is 0. The molecule has 5 heteroatoms. The van der Waals surface area contributed by atoms with E-state index in [4.69, 9.17) is 0 Å². The highest BCUT2D eigenvalue weighted by Gasteiger charge is 2.53. The van der Waals surface area contributed by atoms with Gasteiger partial charge in [-0.1, -0.05) is 20.8 Å². The fourth-order valence-corrected chi connectivity index (χ4v) is 5.37. The fourth-order valence-electron chi connectivity index (χ4n) is 5.37. The smallest absolute Gasteiger partial charge is 0.223 e. The summed E-state index contributed by atoms with van der Waals surface area (Å²) in [6, 6.07) is 0.225. The molecule has 0 aromatic carbocycles. The lowest BCUT2D eigenvalue weighted by Gasteiger charge is -2.56. The Bertz CT molecular complexity index is 507. The van der Waals surface area contributed by atoms with Gasteiger partial charge in [0.05, 0.1) is 6.10 Å². The minimum absolute atomic E-state index is 0.00742. The van der Waals surface area contributed by atoms with Gasteiger partial charge in [0, 0.05) is 24.9 Å². The maximum absolute atomic E-state index is 12.5. The predicted molar refractivity (Wildman–Crippen MR) is 98.8 cm³/mol. The number of amides is 2. The van der Waals surface area contributed by atoms with Crippen molar-refractivity contribution in [2.75, 3.05) is 0 Å². The number of hydrogen-bond donors (Lipinski definition) is 3. The van der Waals surface area contributed by atoms with Crippen molar-refractivity contribution in [1.29, 1.82) is 0 Å². The van der Waals surface area contributed by atoms with Crippen molar-refractivity contribution < 1.29 is 14.7 Å². The zero-order valence-electron chi connectivity index (χ0n) is 16.6. The minimum Gasteiger partial charge on any atom is -0.392 e. The van der Waals surface area contributed by atoms with Crippen LogP contribution in [0.25, 0.3) is 0 Å². The predicted octanol–water partition coefficient (Wildman–Crippen LogP) is 2.48.